The van der Waals surface area contributed by atoms with Crippen LogP contribution in [-0.2, 0) is 4.79 Å². The van der Waals surface area contributed by atoms with Gasteiger partial charge in [-0.3, -0.25) is 9.59 Å². The maximum atomic E-state index is 11.7. The number of amides is 1. The Bertz CT molecular complexity index is 783. The molecule has 0 saturated heterocycles. The molecule has 2 aromatic rings. The zero-order valence-corrected chi connectivity index (χ0v) is 14.2. The summed E-state index contributed by atoms with van der Waals surface area (Å²) in [5.74, 6) is 6.86. The van der Waals surface area contributed by atoms with E-state index < -0.39 is 0 Å². The molecule has 0 aliphatic rings. The molecule has 0 bridgehead atoms. The van der Waals surface area contributed by atoms with Crippen molar-refractivity contribution in [1.29, 1.82) is 0 Å². The molecule has 0 aliphatic carbocycles. The molecular formula is C20H19NO4. The molecule has 0 radical (unpaired) electrons. The van der Waals surface area contributed by atoms with Crippen LogP contribution in [0.4, 0.5) is 0 Å². The number of hydrogen-bond donors (Lipinski definition) is 1. The van der Waals surface area contributed by atoms with Crippen LogP contribution in [0.25, 0.3) is 0 Å². The summed E-state index contributed by atoms with van der Waals surface area (Å²) in [5, 5.41) is 2.66. The second-order valence-corrected chi connectivity index (χ2v) is 5.18. The lowest BCUT2D eigenvalue weighted by molar-refractivity contribution is -0.122. The lowest BCUT2D eigenvalue weighted by Crippen LogP contribution is -2.29. The zero-order valence-electron chi connectivity index (χ0n) is 14.2. The molecule has 128 valence electrons. The van der Waals surface area contributed by atoms with Gasteiger partial charge in [0.25, 0.3) is 5.91 Å². The molecule has 0 fully saturated rings. The Morgan fingerprint density at radius 2 is 1.64 bits per heavy atom. The third-order valence-electron chi connectivity index (χ3n) is 3.33. The average Bonchev–Trinajstić information content (AvgIpc) is 2.64. The molecular weight excluding hydrogens is 318 g/mol. The van der Waals surface area contributed by atoms with Crippen molar-refractivity contribution in [3.05, 3.63) is 59.7 Å². The first-order valence-corrected chi connectivity index (χ1v) is 7.72. The third kappa shape index (κ3) is 6.04. The van der Waals surface area contributed by atoms with Crippen LogP contribution in [0.2, 0.25) is 0 Å². The van der Waals surface area contributed by atoms with E-state index in [4.69, 9.17) is 9.47 Å². The van der Waals surface area contributed by atoms with Gasteiger partial charge in [-0.25, -0.2) is 0 Å². The SMILES string of the molecule is COc1ccc(OCC(=O)NCC#Cc2ccc(C(C)=O)cc2)cc1. The zero-order chi connectivity index (χ0) is 18.1. The summed E-state index contributed by atoms with van der Waals surface area (Å²) in [6, 6.07) is 14.0. The van der Waals surface area contributed by atoms with Gasteiger partial charge in [0.1, 0.15) is 11.5 Å². The second kappa shape index (κ2) is 9.14. The minimum Gasteiger partial charge on any atom is -0.497 e. The van der Waals surface area contributed by atoms with Crippen molar-refractivity contribution in [3.63, 3.8) is 0 Å². The van der Waals surface area contributed by atoms with Crippen molar-refractivity contribution in [2.24, 2.45) is 0 Å². The van der Waals surface area contributed by atoms with Gasteiger partial charge in [-0.05, 0) is 43.3 Å². The largest absolute Gasteiger partial charge is 0.497 e. The molecule has 0 unspecified atom stereocenters. The van der Waals surface area contributed by atoms with E-state index in [1.54, 1.807) is 55.6 Å². The van der Waals surface area contributed by atoms with Gasteiger partial charge in [0.15, 0.2) is 12.4 Å². The van der Waals surface area contributed by atoms with Crippen LogP contribution in [0.5, 0.6) is 11.5 Å². The monoisotopic (exact) mass is 337 g/mol. The maximum Gasteiger partial charge on any atom is 0.258 e. The quantitative estimate of drug-likeness (QED) is 0.649. The Morgan fingerprint density at radius 3 is 2.24 bits per heavy atom. The van der Waals surface area contributed by atoms with Gasteiger partial charge in [0.05, 0.1) is 13.7 Å². The minimum absolute atomic E-state index is 0.0173. The first kappa shape index (κ1) is 18.1. The van der Waals surface area contributed by atoms with E-state index in [0.717, 1.165) is 11.3 Å². The second-order valence-electron chi connectivity index (χ2n) is 5.18. The molecule has 25 heavy (non-hydrogen) atoms. The fourth-order valence-electron chi connectivity index (χ4n) is 1.95. The number of ketones is 1. The lowest BCUT2D eigenvalue weighted by atomic mass is 10.1. The molecule has 5 heteroatoms. The Labute approximate surface area is 147 Å². The topological polar surface area (TPSA) is 64.6 Å². The Hall–Kier alpha value is -3.26. The highest BCUT2D eigenvalue weighted by Crippen LogP contribution is 2.16. The van der Waals surface area contributed by atoms with Crippen LogP contribution >= 0.6 is 0 Å². The van der Waals surface area contributed by atoms with Gasteiger partial charge in [0, 0.05) is 11.1 Å². The predicted molar refractivity (Wildman–Crippen MR) is 94.8 cm³/mol. The number of Topliss-reactive ketones (excluding diaryl/α,β-unsaturated/α-hetero) is 1. The summed E-state index contributed by atoms with van der Waals surface area (Å²) in [4.78, 5) is 22.9. The first-order chi connectivity index (χ1) is 12.1. The van der Waals surface area contributed by atoms with E-state index in [-0.39, 0.29) is 24.8 Å². The van der Waals surface area contributed by atoms with Crippen molar-refractivity contribution in [3.8, 4) is 23.3 Å². The van der Waals surface area contributed by atoms with E-state index in [1.165, 1.54) is 6.92 Å². The van der Waals surface area contributed by atoms with Crippen molar-refractivity contribution in [1.82, 2.24) is 5.32 Å². The molecule has 2 rings (SSSR count). The molecule has 0 spiro atoms. The maximum absolute atomic E-state index is 11.7. The van der Waals surface area contributed by atoms with E-state index in [9.17, 15) is 9.59 Å². The summed E-state index contributed by atoms with van der Waals surface area (Å²) in [7, 11) is 1.59. The van der Waals surface area contributed by atoms with Gasteiger partial charge >= 0.3 is 0 Å². The number of ether oxygens (including phenoxy) is 2. The Kier molecular flexibility index (Phi) is 6.61. The van der Waals surface area contributed by atoms with Crippen LogP contribution in [0.3, 0.4) is 0 Å². The number of nitrogens with one attached hydrogen (secondary N) is 1. The number of carbonyl (C=O) groups is 2. The summed E-state index contributed by atoms with van der Waals surface area (Å²) in [5.41, 5.74) is 1.43. The molecule has 0 atom stereocenters. The van der Waals surface area contributed by atoms with Gasteiger partial charge in [-0.2, -0.15) is 0 Å². The van der Waals surface area contributed by atoms with Crippen molar-refractivity contribution in [2.45, 2.75) is 6.92 Å². The molecule has 1 N–H and O–H groups in total. The van der Waals surface area contributed by atoms with Crippen molar-refractivity contribution in [2.75, 3.05) is 20.3 Å². The summed E-state index contributed by atoms with van der Waals surface area (Å²) in [6.45, 7) is 1.66. The average molecular weight is 337 g/mol. The minimum atomic E-state index is -0.253. The first-order valence-electron chi connectivity index (χ1n) is 7.72. The van der Waals surface area contributed by atoms with Crippen LogP contribution in [0.1, 0.15) is 22.8 Å². The number of benzene rings is 2. The summed E-state index contributed by atoms with van der Waals surface area (Å²) in [6.07, 6.45) is 0. The molecule has 0 aliphatic heterocycles. The smallest absolute Gasteiger partial charge is 0.258 e. The lowest BCUT2D eigenvalue weighted by Gasteiger charge is -2.06. The van der Waals surface area contributed by atoms with E-state index in [1.807, 2.05) is 0 Å². The number of methoxy groups -OCH3 is 1. The molecule has 5 nitrogen and oxygen atoms in total. The number of hydrogen-bond acceptors (Lipinski definition) is 4. The molecule has 2 aromatic carbocycles. The molecule has 0 saturated carbocycles. The normalized spacial score (nSPS) is 9.52. The highest BCUT2D eigenvalue weighted by Gasteiger charge is 2.01. The van der Waals surface area contributed by atoms with Crippen LogP contribution in [0, 0.1) is 11.8 Å². The van der Waals surface area contributed by atoms with Gasteiger partial charge in [-0.1, -0.05) is 24.0 Å². The predicted octanol–water partition coefficient (Wildman–Crippen LogP) is 2.44. The van der Waals surface area contributed by atoms with Gasteiger partial charge in [-0.15, -0.1) is 0 Å². The number of rotatable bonds is 6. The van der Waals surface area contributed by atoms with Crippen LogP contribution in [0.15, 0.2) is 48.5 Å². The van der Waals surface area contributed by atoms with Crippen LogP contribution < -0.4 is 14.8 Å². The molecule has 0 heterocycles. The molecule has 0 aromatic heterocycles. The van der Waals surface area contributed by atoms with Crippen molar-refractivity contribution < 1.29 is 19.1 Å². The fraction of sp³-hybridized carbons (Fsp3) is 0.200. The highest BCUT2D eigenvalue weighted by atomic mass is 16.5. The Balaban J connectivity index is 1.74. The Morgan fingerprint density at radius 1 is 1.00 bits per heavy atom. The summed E-state index contributed by atoms with van der Waals surface area (Å²) < 4.78 is 10.4. The number of carbonyl (C=O) groups excluding carboxylic acids is 2. The third-order valence-corrected chi connectivity index (χ3v) is 3.33. The van der Waals surface area contributed by atoms with Gasteiger partial charge < -0.3 is 14.8 Å². The van der Waals surface area contributed by atoms with E-state index in [2.05, 4.69) is 17.2 Å². The highest BCUT2D eigenvalue weighted by molar-refractivity contribution is 5.94. The van der Waals surface area contributed by atoms with E-state index in [0.29, 0.717) is 11.3 Å². The van der Waals surface area contributed by atoms with Gasteiger partial charge in [0.2, 0.25) is 0 Å². The fourth-order valence-corrected chi connectivity index (χ4v) is 1.95. The summed E-state index contributed by atoms with van der Waals surface area (Å²) >= 11 is 0. The van der Waals surface area contributed by atoms with Crippen molar-refractivity contribution >= 4 is 11.7 Å². The molecule has 1 amide bonds. The van der Waals surface area contributed by atoms with Crippen LogP contribution in [-0.4, -0.2) is 32.0 Å². The standard InChI is InChI=1S/C20H19NO4/c1-15(22)17-7-5-16(6-8-17)4-3-13-21-20(23)14-25-19-11-9-18(24-2)10-12-19/h5-12H,13-14H2,1-2H3,(H,21,23). The van der Waals surface area contributed by atoms with E-state index >= 15 is 0 Å².